The van der Waals surface area contributed by atoms with Crippen molar-refractivity contribution >= 4 is 28.4 Å². The van der Waals surface area contributed by atoms with Crippen LogP contribution in [0.3, 0.4) is 0 Å². The SMILES string of the molecule is O=C(O)[C@]12CCCN(c3ncccn3)C[C@H]1CN(c1nccs1)C2. The van der Waals surface area contributed by atoms with Gasteiger partial charge in [0, 0.05) is 56.1 Å². The first-order valence-corrected chi connectivity index (χ1v) is 8.97. The smallest absolute Gasteiger partial charge is 0.311 e. The lowest BCUT2D eigenvalue weighted by atomic mass is 9.75. The number of nitrogens with zero attached hydrogens (tertiary/aromatic N) is 5. The Morgan fingerprint density at radius 1 is 1.21 bits per heavy atom. The topological polar surface area (TPSA) is 82.4 Å². The highest BCUT2D eigenvalue weighted by atomic mass is 32.1. The van der Waals surface area contributed by atoms with Gasteiger partial charge in [0.25, 0.3) is 0 Å². The van der Waals surface area contributed by atoms with E-state index in [1.54, 1.807) is 36.0 Å². The molecule has 2 atom stereocenters. The maximum absolute atomic E-state index is 12.2. The maximum Gasteiger partial charge on any atom is 0.311 e. The molecule has 0 radical (unpaired) electrons. The van der Waals surface area contributed by atoms with Gasteiger partial charge in [0.15, 0.2) is 5.13 Å². The molecule has 126 valence electrons. The van der Waals surface area contributed by atoms with Gasteiger partial charge >= 0.3 is 5.97 Å². The monoisotopic (exact) mass is 345 g/mol. The molecule has 0 aliphatic carbocycles. The lowest BCUT2D eigenvalue weighted by Gasteiger charge is -2.29. The predicted molar refractivity (Wildman–Crippen MR) is 91.4 cm³/mol. The summed E-state index contributed by atoms with van der Waals surface area (Å²) in [6, 6.07) is 1.79. The molecule has 4 rings (SSSR count). The first-order valence-electron chi connectivity index (χ1n) is 8.09. The first-order chi connectivity index (χ1) is 11.7. The Kier molecular flexibility index (Phi) is 3.84. The molecule has 2 aromatic heterocycles. The van der Waals surface area contributed by atoms with Crippen molar-refractivity contribution in [1.29, 1.82) is 0 Å². The quantitative estimate of drug-likeness (QED) is 0.907. The second-order valence-corrected chi connectivity index (χ2v) is 7.32. The molecule has 2 saturated heterocycles. The zero-order chi connectivity index (χ0) is 16.6. The summed E-state index contributed by atoms with van der Waals surface area (Å²) in [4.78, 5) is 29.5. The second-order valence-electron chi connectivity index (χ2n) is 6.45. The minimum atomic E-state index is -0.713. The van der Waals surface area contributed by atoms with Crippen LogP contribution in [0.15, 0.2) is 30.0 Å². The summed E-state index contributed by atoms with van der Waals surface area (Å²) in [7, 11) is 0. The fraction of sp³-hybridized carbons (Fsp3) is 0.500. The number of hydrogen-bond donors (Lipinski definition) is 1. The van der Waals surface area contributed by atoms with Crippen LogP contribution < -0.4 is 9.80 Å². The Morgan fingerprint density at radius 2 is 2.00 bits per heavy atom. The van der Waals surface area contributed by atoms with Crippen LogP contribution >= 0.6 is 11.3 Å². The largest absolute Gasteiger partial charge is 0.481 e. The van der Waals surface area contributed by atoms with Crippen molar-refractivity contribution in [3.63, 3.8) is 0 Å². The summed E-state index contributed by atoms with van der Waals surface area (Å²) in [6.07, 6.45) is 6.74. The Hall–Kier alpha value is -2.22. The normalized spacial score (nSPS) is 26.9. The van der Waals surface area contributed by atoms with Gasteiger partial charge in [0.05, 0.1) is 5.41 Å². The van der Waals surface area contributed by atoms with E-state index in [9.17, 15) is 9.90 Å². The van der Waals surface area contributed by atoms with Crippen molar-refractivity contribution in [1.82, 2.24) is 15.0 Å². The van der Waals surface area contributed by atoms with Gasteiger partial charge in [0.1, 0.15) is 0 Å². The predicted octanol–water partition coefficient (Wildman–Crippen LogP) is 1.74. The van der Waals surface area contributed by atoms with Crippen LogP contribution in [-0.4, -0.2) is 52.2 Å². The number of carboxylic acids is 1. The van der Waals surface area contributed by atoms with Crippen LogP contribution in [0.4, 0.5) is 11.1 Å². The van der Waals surface area contributed by atoms with Crippen molar-refractivity contribution < 1.29 is 9.90 Å². The summed E-state index contributed by atoms with van der Waals surface area (Å²) < 4.78 is 0. The van der Waals surface area contributed by atoms with Crippen molar-refractivity contribution in [2.75, 3.05) is 36.0 Å². The van der Waals surface area contributed by atoms with Crippen LogP contribution in [0.25, 0.3) is 0 Å². The standard InChI is InChI=1S/C16H19N5O2S/c22-13(23)16-3-1-7-20(14-17-4-2-5-18-14)9-12(16)10-21(11-16)15-19-6-8-24-15/h2,4-6,8,12H,1,3,7,9-11H2,(H,22,23)/t12-,16-/m0/s1. The van der Waals surface area contributed by atoms with Crippen LogP contribution in [-0.2, 0) is 4.79 Å². The highest BCUT2D eigenvalue weighted by Gasteiger charge is 2.54. The molecule has 4 heterocycles. The third-order valence-corrected chi connectivity index (χ3v) is 5.97. The van der Waals surface area contributed by atoms with Crippen LogP contribution in [0.5, 0.6) is 0 Å². The molecule has 7 nitrogen and oxygen atoms in total. The number of thiazole rings is 1. The van der Waals surface area contributed by atoms with Crippen LogP contribution in [0, 0.1) is 11.3 Å². The zero-order valence-electron chi connectivity index (χ0n) is 13.2. The zero-order valence-corrected chi connectivity index (χ0v) is 14.0. The third-order valence-electron chi connectivity index (χ3n) is 5.14. The van der Waals surface area contributed by atoms with Crippen molar-refractivity contribution in [3.8, 4) is 0 Å². The van der Waals surface area contributed by atoms with Gasteiger partial charge in [-0.2, -0.15) is 0 Å². The molecule has 0 saturated carbocycles. The van der Waals surface area contributed by atoms with E-state index >= 15 is 0 Å². The number of anilines is 2. The van der Waals surface area contributed by atoms with Crippen molar-refractivity contribution in [2.45, 2.75) is 12.8 Å². The van der Waals surface area contributed by atoms with Gasteiger partial charge in [0.2, 0.25) is 5.95 Å². The highest BCUT2D eigenvalue weighted by molar-refractivity contribution is 7.13. The molecule has 0 amide bonds. The number of carboxylic acid groups (broad SMARTS) is 1. The van der Waals surface area contributed by atoms with E-state index < -0.39 is 11.4 Å². The Balaban J connectivity index is 1.63. The van der Waals surface area contributed by atoms with E-state index in [1.807, 2.05) is 5.38 Å². The fourth-order valence-electron chi connectivity index (χ4n) is 3.94. The summed E-state index contributed by atoms with van der Waals surface area (Å²) in [5, 5.41) is 12.8. The lowest BCUT2D eigenvalue weighted by molar-refractivity contribution is -0.150. The minimum absolute atomic E-state index is 0.0326. The molecular formula is C16H19N5O2S. The van der Waals surface area contributed by atoms with Gasteiger partial charge < -0.3 is 14.9 Å². The molecular weight excluding hydrogens is 326 g/mol. The molecule has 0 spiro atoms. The molecule has 0 aromatic carbocycles. The van der Waals surface area contributed by atoms with E-state index in [1.165, 1.54) is 0 Å². The van der Waals surface area contributed by atoms with E-state index in [0.717, 1.165) is 18.1 Å². The van der Waals surface area contributed by atoms with Gasteiger partial charge in [-0.1, -0.05) is 0 Å². The minimum Gasteiger partial charge on any atom is -0.481 e. The molecule has 8 heteroatoms. The molecule has 2 aliphatic rings. The summed E-state index contributed by atoms with van der Waals surface area (Å²) >= 11 is 1.56. The van der Waals surface area contributed by atoms with E-state index in [0.29, 0.717) is 32.0 Å². The molecule has 0 unspecified atom stereocenters. The lowest BCUT2D eigenvalue weighted by Crippen LogP contribution is -2.41. The van der Waals surface area contributed by atoms with Gasteiger partial charge in [-0.05, 0) is 18.9 Å². The summed E-state index contributed by atoms with van der Waals surface area (Å²) in [5.74, 6) is 0.0268. The second kappa shape index (κ2) is 6.01. The number of fused-ring (bicyclic) bond motifs is 1. The van der Waals surface area contributed by atoms with Gasteiger partial charge in [-0.25, -0.2) is 15.0 Å². The Labute approximate surface area is 144 Å². The fourth-order valence-corrected chi connectivity index (χ4v) is 4.59. The number of aliphatic carboxylic acids is 1. The van der Waals surface area contributed by atoms with Crippen molar-refractivity contribution in [2.24, 2.45) is 11.3 Å². The number of aromatic nitrogens is 3. The van der Waals surface area contributed by atoms with Crippen LogP contribution in [0.2, 0.25) is 0 Å². The molecule has 0 bridgehead atoms. The van der Waals surface area contributed by atoms with E-state index in [-0.39, 0.29) is 5.92 Å². The van der Waals surface area contributed by atoms with E-state index in [2.05, 4.69) is 24.8 Å². The average Bonchev–Trinajstić information content (AvgIpc) is 3.20. The molecule has 2 aromatic rings. The van der Waals surface area contributed by atoms with Crippen LogP contribution in [0.1, 0.15) is 12.8 Å². The maximum atomic E-state index is 12.2. The summed E-state index contributed by atoms with van der Waals surface area (Å²) in [6.45, 7) is 2.71. The number of carbonyl (C=O) groups is 1. The van der Waals surface area contributed by atoms with Crippen molar-refractivity contribution in [3.05, 3.63) is 30.0 Å². The molecule has 24 heavy (non-hydrogen) atoms. The average molecular weight is 345 g/mol. The van der Waals surface area contributed by atoms with Gasteiger partial charge in [-0.3, -0.25) is 4.79 Å². The van der Waals surface area contributed by atoms with E-state index in [4.69, 9.17) is 0 Å². The molecule has 1 N–H and O–H groups in total. The Bertz CT molecular complexity index is 711. The number of hydrogen-bond acceptors (Lipinski definition) is 7. The first kappa shape index (κ1) is 15.3. The van der Waals surface area contributed by atoms with Gasteiger partial charge in [-0.15, -0.1) is 11.3 Å². The Morgan fingerprint density at radius 3 is 2.71 bits per heavy atom. The highest BCUT2D eigenvalue weighted by Crippen LogP contribution is 2.44. The molecule has 2 fully saturated rings. The third kappa shape index (κ3) is 2.50. The number of rotatable bonds is 3. The summed E-state index contributed by atoms with van der Waals surface area (Å²) in [5.41, 5.74) is -0.713. The molecule has 2 aliphatic heterocycles.